The Bertz CT molecular complexity index is 639. The minimum atomic E-state index is -0.454. The number of aryl methyl sites for hydroxylation is 2. The Kier molecular flexibility index (Phi) is 3.37. The Balaban J connectivity index is 2.38. The second-order valence-corrected chi connectivity index (χ2v) is 4.51. The molecular formula is C14H15N3O2. The van der Waals surface area contributed by atoms with Crippen molar-refractivity contribution >= 4 is 22.7 Å². The van der Waals surface area contributed by atoms with E-state index in [0.29, 0.717) is 11.4 Å². The van der Waals surface area contributed by atoms with Gasteiger partial charge < -0.3 is 11.1 Å². The molecule has 0 aromatic heterocycles. The molecule has 98 valence electrons. The summed E-state index contributed by atoms with van der Waals surface area (Å²) < 4.78 is 0. The van der Waals surface area contributed by atoms with Crippen LogP contribution in [0.2, 0.25) is 0 Å². The SMILES string of the molecule is Cc1ccc(C)c(Nc2cc(N)cc([N+](=O)[O-])c2)c1. The topological polar surface area (TPSA) is 81.2 Å². The summed E-state index contributed by atoms with van der Waals surface area (Å²) >= 11 is 0. The van der Waals surface area contributed by atoms with Crippen molar-refractivity contribution in [2.45, 2.75) is 13.8 Å². The molecule has 0 aliphatic carbocycles. The lowest BCUT2D eigenvalue weighted by Gasteiger charge is -2.11. The third kappa shape index (κ3) is 3.01. The van der Waals surface area contributed by atoms with Gasteiger partial charge >= 0.3 is 0 Å². The molecule has 0 spiro atoms. The summed E-state index contributed by atoms with van der Waals surface area (Å²) in [6.07, 6.45) is 0. The maximum absolute atomic E-state index is 10.8. The number of nitro groups is 1. The van der Waals surface area contributed by atoms with Crippen LogP contribution in [0.4, 0.5) is 22.7 Å². The van der Waals surface area contributed by atoms with Crippen LogP contribution in [0.15, 0.2) is 36.4 Å². The number of nitrogens with two attached hydrogens (primary N) is 1. The number of anilines is 3. The number of non-ortho nitro benzene ring substituents is 1. The highest BCUT2D eigenvalue weighted by Crippen LogP contribution is 2.27. The van der Waals surface area contributed by atoms with Gasteiger partial charge in [0.15, 0.2) is 0 Å². The summed E-state index contributed by atoms with van der Waals surface area (Å²) in [5.41, 5.74) is 9.73. The van der Waals surface area contributed by atoms with Gasteiger partial charge in [0.25, 0.3) is 5.69 Å². The third-order valence-electron chi connectivity index (χ3n) is 2.82. The van der Waals surface area contributed by atoms with Gasteiger partial charge in [0, 0.05) is 29.2 Å². The highest BCUT2D eigenvalue weighted by Gasteiger charge is 2.09. The molecule has 0 aliphatic heterocycles. The lowest BCUT2D eigenvalue weighted by molar-refractivity contribution is -0.384. The molecule has 0 bridgehead atoms. The number of nitro benzene ring substituents is 1. The molecule has 0 atom stereocenters. The minimum absolute atomic E-state index is 0.0205. The van der Waals surface area contributed by atoms with Crippen molar-refractivity contribution in [1.82, 2.24) is 0 Å². The molecule has 0 aliphatic rings. The monoisotopic (exact) mass is 257 g/mol. The Labute approximate surface area is 111 Å². The van der Waals surface area contributed by atoms with Gasteiger partial charge in [-0.3, -0.25) is 10.1 Å². The first-order valence-corrected chi connectivity index (χ1v) is 5.85. The van der Waals surface area contributed by atoms with E-state index in [-0.39, 0.29) is 5.69 Å². The standard InChI is InChI=1S/C14H15N3O2/c1-9-3-4-10(2)14(5-9)16-12-6-11(15)7-13(8-12)17(18)19/h3-8,16H,15H2,1-2H3. The highest BCUT2D eigenvalue weighted by molar-refractivity contribution is 5.69. The van der Waals surface area contributed by atoms with Crippen LogP contribution in [0.5, 0.6) is 0 Å². The molecule has 0 unspecified atom stereocenters. The van der Waals surface area contributed by atoms with E-state index in [2.05, 4.69) is 5.32 Å². The van der Waals surface area contributed by atoms with Gasteiger partial charge in [-0.2, -0.15) is 0 Å². The van der Waals surface area contributed by atoms with Gasteiger partial charge in [-0.1, -0.05) is 12.1 Å². The van der Waals surface area contributed by atoms with Gasteiger partial charge in [0.2, 0.25) is 0 Å². The second-order valence-electron chi connectivity index (χ2n) is 4.51. The normalized spacial score (nSPS) is 10.2. The maximum Gasteiger partial charge on any atom is 0.273 e. The first-order chi connectivity index (χ1) is 8.95. The van der Waals surface area contributed by atoms with Crippen molar-refractivity contribution < 1.29 is 4.92 Å². The summed E-state index contributed by atoms with van der Waals surface area (Å²) in [7, 11) is 0. The fourth-order valence-corrected chi connectivity index (χ4v) is 1.84. The lowest BCUT2D eigenvalue weighted by Crippen LogP contribution is -1.97. The third-order valence-corrected chi connectivity index (χ3v) is 2.82. The molecule has 0 heterocycles. The summed E-state index contributed by atoms with van der Waals surface area (Å²) in [5, 5.41) is 14.0. The molecule has 0 radical (unpaired) electrons. The number of nitrogens with zero attached hydrogens (tertiary/aromatic N) is 1. The largest absolute Gasteiger partial charge is 0.398 e. The van der Waals surface area contributed by atoms with Crippen LogP contribution in [-0.4, -0.2) is 4.92 Å². The Morgan fingerprint density at radius 2 is 1.89 bits per heavy atom. The number of nitrogens with one attached hydrogen (secondary N) is 1. The van der Waals surface area contributed by atoms with Gasteiger partial charge in [-0.25, -0.2) is 0 Å². The van der Waals surface area contributed by atoms with Crippen molar-refractivity contribution in [3.8, 4) is 0 Å². The summed E-state index contributed by atoms with van der Waals surface area (Å²) in [6, 6.07) is 10.5. The molecule has 3 N–H and O–H groups in total. The molecule has 2 aromatic carbocycles. The maximum atomic E-state index is 10.8. The van der Waals surface area contributed by atoms with Crippen molar-refractivity contribution in [3.63, 3.8) is 0 Å². The molecular weight excluding hydrogens is 242 g/mol. The van der Waals surface area contributed by atoms with E-state index in [1.807, 2.05) is 32.0 Å². The molecule has 0 saturated carbocycles. The van der Waals surface area contributed by atoms with Crippen molar-refractivity contribution in [3.05, 3.63) is 57.6 Å². The van der Waals surface area contributed by atoms with Crippen LogP contribution in [0.1, 0.15) is 11.1 Å². The van der Waals surface area contributed by atoms with Crippen molar-refractivity contribution in [2.75, 3.05) is 11.1 Å². The molecule has 5 heteroatoms. The predicted octanol–water partition coefficient (Wildman–Crippen LogP) is 3.54. The Hall–Kier alpha value is -2.56. The van der Waals surface area contributed by atoms with Gasteiger partial charge in [0.1, 0.15) is 0 Å². The van der Waals surface area contributed by atoms with E-state index < -0.39 is 4.92 Å². The first-order valence-electron chi connectivity index (χ1n) is 5.85. The summed E-state index contributed by atoms with van der Waals surface area (Å²) in [4.78, 5) is 10.3. The number of nitrogen functional groups attached to an aromatic ring is 1. The Morgan fingerprint density at radius 3 is 2.58 bits per heavy atom. The number of hydrogen-bond acceptors (Lipinski definition) is 4. The summed E-state index contributed by atoms with van der Waals surface area (Å²) in [6.45, 7) is 3.97. The highest BCUT2D eigenvalue weighted by atomic mass is 16.6. The predicted molar refractivity (Wildman–Crippen MR) is 76.7 cm³/mol. The number of benzene rings is 2. The van der Waals surface area contributed by atoms with Gasteiger partial charge in [-0.15, -0.1) is 0 Å². The first kappa shape index (κ1) is 12.9. The minimum Gasteiger partial charge on any atom is -0.398 e. The van der Waals surface area contributed by atoms with E-state index >= 15 is 0 Å². The van der Waals surface area contributed by atoms with Crippen LogP contribution in [0.3, 0.4) is 0 Å². The van der Waals surface area contributed by atoms with Crippen LogP contribution in [0, 0.1) is 24.0 Å². The average molecular weight is 257 g/mol. The lowest BCUT2D eigenvalue weighted by atomic mass is 10.1. The average Bonchev–Trinajstić information content (AvgIpc) is 2.33. The molecule has 5 nitrogen and oxygen atoms in total. The van der Waals surface area contributed by atoms with Crippen LogP contribution < -0.4 is 11.1 Å². The zero-order valence-corrected chi connectivity index (χ0v) is 10.8. The number of hydrogen-bond donors (Lipinski definition) is 2. The summed E-state index contributed by atoms with van der Waals surface area (Å²) in [5.74, 6) is 0. The van der Waals surface area contributed by atoms with E-state index in [0.717, 1.165) is 16.8 Å². The van der Waals surface area contributed by atoms with E-state index in [1.54, 1.807) is 6.07 Å². The molecule has 0 saturated heterocycles. The van der Waals surface area contributed by atoms with Crippen molar-refractivity contribution in [2.24, 2.45) is 0 Å². The molecule has 19 heavy (non-hydrogen) atoms. The Morgan fingerprint density at radius 1 is 1.16 bits per heavy atom. The van der Waals surface area contributed by atoms with Crippen molar-refractivity contribution in [1.29, 1.82) is 0 Å². The van der Waals surface area contributed by atoms with Crippen LogP contribution in [0.25, 0.3) is 0 Å². The van der Waals surface area contributed by atoms with E-state index in [1.165, 1.54) is 12.1 Å². The molecule has 0 fully saturated rings. The van der Waals surface area contributed by atoms with Gasteiger partial charge in [0.05, 0.1) is 4.92 Å². The smallest absolute Gasteiger partial charge is 0.273 e. The zero-order chi connectivity index (χ0) is 14.0. The molecule has 0 amide bonds. The quantitative estimate of drug-likeness (QED) is 0.500. The zero-order valence-electron chi connectivity index (χ0n) is 10.8. The van der Waals surface area contributed by atoms with Crippen LogP contribution in [-0.2, 0) is 0 Å². The molecule has 2 aromatic rings. The fourth-order valence-electron chi connectivity index (χ4n) is 1.84. The molecule has 2 rings (SSSR count). The fraction of sp³-hybridized carbons (Fsp3) is 0.143. The van der Waals surface area contributed by atoms with E-state index in [4.69, 9.17) is 5.73 Å². The second kappa shape index (κ2) is 4.97. The van der Waals surface area contributed by atoms with Gasteiger partial charge in [-0.05, 0) is 37.1 Å². The van der Waals surface area contributed by atoms with Crippen LogP contribution >= 0.6 is 0 Å². The van der Waals surface area contributed by atoms with E-state index in [9.17, 15) is 10.1 Å². The number of rotatable bonds is 3.